The van der Waals surface area contributed by atoms with Gasteiger partial charge in [-0.15, -0.1) is 0 Å². The zero-order valence-electron chi connectivity index (χ0n) is 10.3. The fourth-order valence-corrected chi connectivity index (χ4v) is 2.80. The smallest absolute Gasteiger partial charge is 0.326 e. The van der Waals surface area contributed by atoms with Gasteiger partial charge in [-0.2, -0.15) is 0 Å². The minimum atomic E-state index is -0.876. The third-order valence-electron chi connectivity index (χ3n) is 4.13. The van der Waals surface area contributed by atoms with Gasteiger partial charge in [-0.3, -0.25) is 4.79 Å². The minimum absolute atomic E-state index is 0.0560. The van der Waals surface area contributed by atoms with Crippen LogP contribution in [0.2, 0.25) is 0 Å². The van der Waals surface area contributed by atoms with E-state index >= 15 is 0 Å². The van der Waals surface area contributed by atoms with Crippen molar-refractivity contribution in [2.75, 3.05) is 0 Å². The van der Waals surface area contributed by atoms with Crippen molar-refractivity contribution in [3.8, 4) is 0 Å². The maximum atomic E-state index is 11.8. The van der Waals surface area contributed by atoms with Crippen molar-refractivity contribution >= 4 is 11.9 Å². The highest BCUT2D eigenvalue weighted by Crippen LogP contribution is 2.38. The molecule has 0 saturated heterocycles. The van der Waals surface area contributed by atoms with E-state index in [2.05, 4.69) is 5.32 Å². The summed E-state index contributed by atoms with van der Waals surface area (Å²) in [5, 5.41) is 12.0. The zero-order valence-corrected chi connectivity index (χ0v) is 10.3. The quantitative estimate of drug-likeness (QED) is 0.786. The lowest BCUT2D eigenvalue weighted by Gasteiger charge is -2.28. The minimum Gasteiger partial charge on any atom is -0.480 e. The summed E-state index contributed by atoms with van der Waals surface area (Å²) >= 11 is 0. The lowest BCUT2D eigenvalue weighted by Crippen LogP contribution is -2.47. The number of carbonyl (C=O) groups excluding carboxylic acids is 1. The molecule has 3 atom stereocenters. The first-order chi connectivity index (χ1) is 8.09. The second kappa shape index (κ2) is 5.07. The highest BCUT2D eigenvalue weighted by atomic mass is 16.4. The third-order valence-corrected chi connectivity index (χ3v) is 4.13. The third kappa shape index (κ3) is 2.99. The van der Waals surface area contributed by atoms with Crippen LogP contribution in [0.5, 0.6) is 0 Å². The molecule has 0 aromatic rings. The summed E-state index contributed by atoms with van der Waals surface area (Å²) < 4.78 is 0. The summed E-state index contributed by atoms with van der Waals surface area (Å²) in [7, 11) is 0. The number of carboxylic acids is 1. The molecule has 2 fully saturated rings. The predicted octanol–water partition coefficient (Wildman–Crippen LogP) is 1.79. The fraction of sp³-hybridized carbons (Fsp3) is 0.846. The largest absolute Gasteiger partial charge is 0.480 e. The van der Waals surface area contributed by atoms with Crippen LogP contribution < -0.4 is 5.32 Å². The van der Waals surface area contributed by atoms with Crippen LogP contribution in [0, 0.1) is 17.8 Å². The molecule has 0 aliphatic heterocycles. The van der Waals surface area contributed by atoms with E-state index in [1.165, 1.54) is 6.42 Å². The van der Waals surface area contributed by atoms with Crippen molar-refractivity contribution in [2.45, 2.75) is 51.5 Å². The molecule has 0 spiro atoms. The Kier molecular flexibility index (Phi) is 3.69. The molecule has 2 aliphatic rings. The molecule has 4 heteroatoms. The van der Waals surface area contributed by atoms with E-state index in [1.54, 1.807) is 0 Å². The van der Waals surface area contributed by atoms with Gasteiger partial charge in [0, 0.05) is 5.92 Å². The number of hydrogen-bond acceptors (Lipinski definition) is 2. The van der Waals surface area contributed by atoms with Crippen LogP contribution in [0.1, 0.15) is 45.4 Å². The Bertz CT molecular complexity index is 310. The van der Waals surface area contributed by atoms with Crippen LogP contribution in [-0.2, 0) is 9.59 Å². The number of rotatable bonds is 4. The van der Waals surface area contributed by atoms with Crippen molar-refractivity contribution in [2.24, 2.45) is 17.8 Å². The van der Waals surface area contributed by atoms with Gasteiger partial charge in [0.2, 0.25) is 5.91 Å². The van der Waals surface area contributed by atoms with E-state index in [1.807, 2.05) is 6.92 Å². The van der Waals surface area contributed by atoms with E-state index in [0.29, 0.717) is 5.92 Å². The summed E-state index contributed by atoms with van der Waals surface area (Å²) in [6.07, 6.45) is 6.13. The fourth-order valence-electron chi connectivity index (χ4n) is 2.80. The molecule has 17 heavy (non-hydrogen) atoms. The molecule has 2 saturated carbocycles. The number of aliphatic carboxylic acids is 1. The molecule has 96 valence electrons. The number of carbonyl (C=O) groups is 2. The summed E-state index contributed by atoms with van der Waals surface area (Å²) in [6, 6.07) is -0.671. The molecule has 0 radical (unpaired) electrons. The van der Waals surface area contributed by atoms with Gasteiger partial charge in [-0.05, 0) is 31.1 Å². The zero-order chi connectivity index (χ0) is 12.4. The number of carboxylic acid groups (broad SMARTS) is 1. The number of amides is 1. The molecule has 4 nitrogen and oxygen atoms in total. The normalized spacial score (nSPS) is 30.6. The molecule has 0 heterocycles. The number of nitrogens with one attached hydrogen (secondary N) is 1. The van der Waals surface area contributed by atoms with Gasteiger partial charge in [0.15, 0.2) is 0 Å². The second-order valence-corrected chi connectivity index (χ2v) is 5.54. The molecule has 0 bridgehead atoms. The van der Waals surface area contributed by atoms with Crippen LogP contribution in [0.3, 0.4) is 0 Å². The van der Waals surface area contributed by atoms with Crippen LogP contribution in [0.4, 0.5) is 0 Å². The van der Waals surface area contributed by atoms with Crippen molar-refractivity contribution in [3.63, 3.8) is 0 Å². The van der Waals surface area contributed by atoms with Gasteiger partial charge >= 0.3 is 5.97 Å². The Morgan fingerprint density at radius 3 is 2.29 bits per heavy atom. The van der Waals surface area contributed by atoms with Crippen molar-refractivity contribution in [1.29, 1.82) is 0 Å². The molecular formula is C13H21NO3. The van der Waals surface area contributed by atoms with Gasteiger partial charge in [0.25, 0.3) is 0 Å². The standard InChI is InChI=1S/C13H21NO3/c1-8-7-10(8)12(15)14-11(13(16)17)9-5-3-2-4-6-9/h8-11H,2-7H2,1H3,(H,14,15)(H,16,17). The van der Waals surface area contributed by atoms with Crippen molar-refractivity contribution < 1.29 is 14.7 Å². The van der Waals surface area contributed by atoms with E-state index in [9.17, 15) is 14.7 Å². The van der Waals surface area contributed by atoms with Gasteiger partial charge in [0.1, 0.15) is 6.04 Å². The maximum Gasteiger partial charge on any atom is 0.326 e. The van der Waals surface area contributed by atoms with Crippen molar-refractivity contribution in [1.82, 2.24) is 5.32 Å². The van der Waals surface area contributed by atoms with Gasteiger partial charge in [-0.1, -0.05) is 26.2 Å². The van der Waals surface area contributed by atoms with E-state index in [-0.39, 0.29) is 17.7 Å². The topological polar surface area (TPSA) is 66.4 Å². The first-order valence-electron chi connectivity index (χ1n) is 6.62. The molecule has 1 amide bonds. The Morgan fingerprint density at radius 2 is 1.82 bits per heavy atom. The van der Waals surface area contributed by atoms with Crippen LogP contribution in [0.15, 0.2) is 0 Å². The Morgan fingerprint density at radius 1 is 1.24 bits per heavy atom. The van der Waals surface area contributed by atoms with Crippen LogP contribution >= 0.6 is 0 Å². The molecule has 2 aliphatic carbocycles. The molecule has 3 unspecified atom stereocenters. The van der Waals surface area contributed by atoms with Gasteiger partial charge in [-0.25, -0.2) is 4.79 Å². The Balaban J connectivity index is 1.92. The molecule has 0 aromatic carbocycles. The van der Waals surface area contributed by atoms with Crippen LogP contribution in [-0.4, -0.2) is 23.0 Å². The molecule has 2 rings (SSSR count). The molecule has 0 aromatic heterocycles. The summed E-state index contributed by atoms with van der Waals surface area (Å²) in [5.74, 6) is -0.329. The average Bonchev–Trinajstić information content (AvgIpc) is 3.04. The van der Waals surface area contributed by atoms with E-state index < -0.39 is 12.0 Å². The summed E-state index contributed by atoms with van der Waals surface area (Å²) in [4.78, 5) is 23.0. The molecular weight excluding hydrogens is 218 g/mol. The Hall–Kier alpha value is -1.06. The lowest BCUT2D eigenvalue weighted by molar-refractivity contribution is -0.144. The highest BCUT2D eigenvalue weighted by molar-refractivity contribution is 5.86. The monoisotopic (exact) mass is 239 g/mol. The van der Waals surface area contributed by atoms with Gasteiger partial charge in [0.05, 0.1) is 0 Å². The van der Waals surface area contributed by atoms with E-state index in [0.717, 1.165) is 32.1 Å². The second-order valence-electron chi connectivity index (χ2n) is 5.54. The molecule has 2 N–H and O–H groups in total. The van der Waals surface area contributed by atoms with E-state index in [4.69, 9.17) is 0 Å². The SMILES string of the molecule is CC1CC1C(=O)NC(C(=O)O)C1CCCCC1. The first-order valence-corrected chi connectivity index (χ1v) is 6.62. The van der Waals surface area contributed by atoms with Gasteiger partial charge < -0.3 is 10.4 Å². The predicted molar refractivity (Wildman–Crippen MR) is 63.4 cm³/mol. The highest BCUT2D eigenvalue weighted by Gasteiger charge is 2.41. The summed E-state index contributed by atoms with van der Waals surface area (Å²) in [5.41, 5.74) is 0. The van der Waals surface area contributed by atoms with Crippen LogP contribution in [0.25, 0.3) is 0 Å². The lowest BCUT2D eigenvalue weighted by atomic mass is 9.84. The average molecular weight is 239 g/mol. The first kappa shape index (κ1) is 12.4. The van der Waals surface area contributed by atoms with Crippen molar-refractivity contribution in [3.05, 3.63) is 0 Å². The Labute approximate surface area is 102 Å². The maximum absolute atomic E-state index is 11.8. The summed E-state index contributed by atoms with van der Waals surface area (Å²) in [6.45, 7) is 2.03. The number of hydrogen-bond donors (Lipinski definition) is 2.